The summed E-state index contributed by atoms with van der Waals surface area (Å²) in [6.45, 7) is 4.43. The Morgan fingerprint density at radius 3 is 2.34 bits per heavy atom. The number of aryl methyl sites for hydroxylation is 2. The Morgan fingerprint density at radius 1 is 1.03 bits per heavy atom. The van der Waals surface area contributed by atoms with E-state index in [0.717, 1.165) is 40.9 Å². The zero-order chi connectivity index (χ0) is 27.2. The first-order valence-corrected chi connectivity index (χ1v) is 12.9. The number of amides is 1. The first-order chi connectivity index (χ1) is 18.3. The lowest BCUT2D eigenvalue weighted by Crippen LogP contribution is -2.34. The molecule has 0 aliphatic rings. The number of nitrogens with zero attached hydrogens (tertiary/aromatic N) is 4. The normalized spacial score (nSPS) is 11.1. The van der Waals surface area contributed by atoms with Crippen molar-refractivity contribution in [2.24, 2.45) is 0 Å². The van der Waals surface area contributed by atoms with Crippen LogP contribution >= 0.6 is 0 Å². The molecule has 1 amide bonds. The zero-order valence-corrected chi connectivity index (χ0v) is 22.3. The van der Waals surface area contributed by atoms with Gasteiger partial charge in [-0.3, -0.25) is 23.7 Å². The van der Waals surface area contributed by atoms with Crippen molar-refractivity contribution in [3.8, 4) is 22.5 Å². The van der Waals surface area contributed by atoms with Crippen LogP contribution in [0.15, 0.2) is 62.6 Å². The van der Waals surface area contributed by atoms with Crippen LogP contribution in [-0.4, -0.2) is 44.6 Å². The van der Waals surface area contributed by atoms with Gasteiger partial charge in [0.25, 0.3) is 5.56 Å². The molecule has 0 radical (unpaired) electrons. The number of likely N-dealkylation sites (N-methyl/N-ethyl adjacent to an activating group) is 1. The van der Waals surface area contributed by atoms with E-state index in [4.69, 9.17) is 4.98 Å². The molecular weight excluding hydrogens is 482 g/mol. The second kappa shape index (κ2) is 11.9. The average Bonchev–Trinajstić information content (AvgIpc) is 3.36. The Bertz CT molecular complexity index is 1530. The predicted octanol–water partition coefficient (Wildman–Crippen LogP) is 3.84. The van der Waals surface area contributed by atoms with Crippen LogP contribution < -0.4 is 11.3 Å². The van der Waals surface area contributed by atoms with Crippen molar-refractivity contribution in [2.45, 2.75) is 52.5 Å². The minimum atomic E-state index is -0.608. The molecule has 2 aromatic heterocycles. The van der Waals surface area contributed by atoms with Gasteiger partial charge in [-0.05, 0) is 29.5 Å². The first-order valence-electron chi connectivity index (χ1n) is 12.9. The summed E-state index contributed by atoms with van der Waals surface area (Å²) in [7, 11) is 3.38. The Labute approximate surface area is 221 Å². The fraction of sp³-hybridized carbons (Fsp3) is 0.345. The lowest BCUT2D eigenvalue weighted by atomic mass is 9.98. The molecule has 2 aromatic carbocycles. The number of aromatic amines is 1. The van der Waals surface area contributed by atoms with Crippen molar-refractivity contribution < 1.29 is 9.32 Å². The van der Waals surface area contributed by atoms with Crippen LogP contribution in [0.3, 0.4) is 0 Å². The molecule has 0 unspecified atom stereocenters. The monoisotopic (exact) mass is 515 g/mol. The standard InChI is InChI=1S/C29H33N5O4/c1-5-7-12-25-30-24(6-2)23(17-26(35)33(3)4)28(36)34(25)18-19-13-15-20(16-14-19)21-10-8-9-11-22(21)27-31-29(37)38-32-27/h8-11,13-16H,5-7,12,17-18H2,1-4H3,(H,31,32,37). The average molecular weight is 516 g/mol. The van der Waals surface area contributed by atoms with Crippen LogP contribution in [0.4, 0.5) is 0 Å². The number of aromatic nitrogens is 4. The highest BCUT2D eigenvalue weighted by atomic mass is 16.5. The molecule has 2 heterocycles. The van der Waals surface area contributed by atoms with Gasteiger partial charge in [-0.1, -0.05) is 74.0 Å². The third-order valence-corrected chi connectivity index (χ3v) is 6.57. The number of unbranched alkanes of at least 4 members (excludes halogenated alkanes) is 1. The highest BCUT2D eigenvalue weighted by Crippen LogP contribution is 2.30. The number of nitrogens with one attached hydrogen (secondary N) is 1. The summed E-state index contributed by atoms with van der Waals surface area (Å²) < 4.78 is 6.40. The van der Waals surface area contributed by atoms with Gasteiger partial charge in [0.15, 0.2) is 5.82 Å². The molecule has 9 nitrogen and oxygen atoms in total. The molecule has 0 spiro atoms. The molecule has 0 aliphatic heterocycles. The maximum atomic E-state index is 13.7. The van der Waals surface area contributed by atoms with Crippen LogP contribution in [0.2, 0.25) is 0 Å². The fourth-order valence-electron chi connectivity index (χ4n) is 4.41. The summed E-state index contributed by atoms with van der Waals surface area (Å²) in [5.41, 5.74) is 4.54. The second-order valence-corrected chi connectivity index (χ2v) is 9.45. The molecule has 0 atom stereocenters. The van der Waals surface area contributed by atoms with E-state index in [0.29, 0.717) is 36.5 Å². The van der Waals surface area contributed by atoms with Gasteiger partial charge in [-0.2, -0.15) is 0 Å². The minimum absolute atomic E-state index is 0.0376. The highest BCUT2D eigenvalue weighted by molar-refractivity contribution is 5.80. The van der Waals surface area contributed by atoms with Gasteiger partial charge in [0, 0.05) is 31.6 Å². The summed E-state index contributed by atoms with van der Waals surface area (Å²) in [5, 5.41) is 3.83. The molecule has 0 aliphatic carbocycles. The van der Waals surface area contributed by atoms with E-state index in [1.807, 2.05) is 55.5 Å². The SMILES string of the molecule is CCCCc1nc(CC)c(CC(=O)N(C)C)c(=O)n1Cc1ccc(-c2ccccc2-c2noc(=O)[nH]2)cc1. The van der Waals surface area contributed by atoms with Crippen molar-refractivity contribution in [3.63, 3.8) is 0 Å². The Morgan fingerprint density at radius 2 is 1.74 bits per heavy atom. The molecule has 38 heavy (non-hydrogen) atoms. The maximum absolute atomic E-state index is 13.7. The van der Waals surface area contributed by atoms with Gasteiger partial charge in [-0.15, -0.1) is 0 Å². The lowest BCUT2D eigenvalue weighted by molar-refractivity contribution is -0.128. The molecule has 4 aromatic rings. The van der Waals surface area contributed by atoms with Gasteiger partial charge in [0.05, 0.1) is 18.7 Å². The van der Waals surface area contributed by atoms with E-state index in [9.17, 15) is 14.4 Å². The molecule has 0 fully saturated rings. The van der Waals surface area contributed by atoms with E-state index in [2.05, 4.69) is 21.6 Å². The number of benzene rings is 2. The molecule has 198 valence electrons. The molecular formula is C29H33N5O4. The first kappa shape index (κ1) is 26.8. The molecule has 1 N–H and O–H groups in total. The summed E-state index contributed by atoms with van der Waals surface area (Å²) in [6.07, 6.45) is 3.24. The summed E-state index contributed by atoms with van der Waals surface area (Å²) in [5.74, 6) is 0.384. The number of hydrogen-bond acceptors (Lipinski definition) is 6. The molecule has 9 heteroatoms. The third-order valence-electron chi connectivity index (χ3n) is 6.57. The van der Waals surface area contributed by atoms with E-state index < -0.39 is 5.76 Å². The van der Waals surface area contributed by atoms with Crippen molar-refractivity contribution >= 4 is 5.91 Å². The number of carbonyl (C=O) groups is 1. The minimum Gasteiger partial charge on any atom is -0.349 e. The summed E-state index contributed by atoms with van der Waals surface area (Å²) >= 11 is 0. The summed E-state index contributed by atoms with van der Waals surface area (Å²) in [6, 6.07) is 15.5. The second-order valence-electron chi connectivity index (χ2n) is 9.45. The fourth-order valence-corrected chi connectivity index (χ4v) is 4.41. The Hall–Kier alpha value is -4.27. The molecule has 0 bridgehead atoms. The zero-order valence-electron chi connectivity index (χ0n) is 22.3. The van der Waals surface area contributed by atoms with E-state index >= 15 is 0 Å². The van der Waals surface area contributed by atoms with Crippen molar-refractivity contribution in [2.75, 3.05) is 14.1 Å². The van der Waals surface area contributed by atoms with Crippen LogP contribution in [0.1, 0.15) is 49.3 Å². The lowest BCUT2D eigenvalue weighted by Gasteiger charge is -2.18. The van der Waals surface area contributed by atoms with Crippen molar-refractivity contribution in [1.29, 1.82) is 0 Å². The van der Waals surface area contributed by atoms with Crippen molar-refractivity contribution in [1.82, 2.24) is 24.6 Å². The van der Waals surface area contributed by atoms with Crippen LogP contribution in [0.25, 0.3) is 22.5 Å². The Balaban J connectivity index is 1.70. The van der Waals surface area contributed by atoms with E-state index in [-0.39, 0.29) is 17.9 Å². The topological polar surface area (TPSA) is 114 Å². The molecule has 0 saturated heterocycles. The van der Waals surface area contributed by atoms with E-state index in [1.54, 1.807) is 18.7 Å². The van der Waals surface area contributed by atoms with Crippen LogP contribution in [-0.2, 0) is 30.6 Å². The van der Waals surface area contributed by atoms with Crippen molar-refractivity contribution in [3.05, 3.63) is 92.1 Å². The predicted molar refractivity (Wildman–Crippen MR) is 146 cm³/mol. The van der Waals surface area contributed by atoms with Crippen LogP contribution in [0.5, 0.6) is 0 Å². The number of rotatable bonds is 10. The van der Waals surface area contributed by atoms with Gasteiger partial charge in [0.2, 0.25) is 5.91 Å². The number of carbonyl (C=O) groups excluding carboxylic acids is 1. The number of H-pyrrole nitrogens is 1. The maximum Gasteiger partial charge on any atom is 0.439 e. The quantitative estimate of drug-likeness (QED) is 0.343. The summed E-state index contributed by atoms with van der Waals surface area (Å²) in [4.78, 5) is 46.6. The molecule has 0 saturated carbocycles. The Kier molecular flexibility index (Phi) is 8.35. The third kappa shape index (κ3) is 5.82. The van der Waals surface area contributed by atoms with Gasteiger partial charge in [-0.25, -0.2) is 9.78 Å². The van der Waals surface area contributed by atoms with Gasteiger partial charge < -0.3 is 4.90 Å². The van der Waals surface area contributed by atoms with Gasteiger partial charge >= 0.3 is 5.76 Å². The van der Waals surface area contributed by atoms with Crippen LogP contribution in [0, 0.1) is 0 Å². The van der Waals surface area contributed by atoms with E-state index in [1.165, 1.54) is 4.90 Å². The smallest absolute Gasteiger partial charge is 0.349 e. The number of hydrogen-bond donors (Lipinski definition) is 1. The largest absolute Gasteiger partial charge is 0.439 e. The molecule has 4 rings (SSSR count). The highest BCUT2D eigenvalue weighted by Gasteiger charge is 2.19. The van der Waals surface area contributed by atoms with Gasteiger partial charge in [0.1, 0.15) is 5.82 Å².